The van der Waals surface area contributed by atoms with Gasteiger partial charge < -0.3 is 9.47 Å². The minimum absolute atomic E-state index is 0.105. The van der Waals surface area contributed by atoms with Crippen molar-refractivity contribution in [3.05, 3.63) is 59.2 Å². The molecule has 0 fully saturated rings. The molecule has 0 amide bonds. The highest BCUT2D eigenvalue weighted by Gasteiger charge is 2.28. The van der Waals surface area contributed by atoms with Gasteiger partial charge in [0.15, 0.2) is 0 Å². The molecule has 0 aromatic heterocycles. The van der Waals surface area contributed by atoms with Crippen LogP contribution < -0.4 is 4.74 Å². The summed E-state index contributed by atoms with van der Waals surface area (Å²) in [5.41, 5.74) is 2.80. The van der Waals surface area contributed by atoms with Crippen molar-refractivity contribution in [2.75, 3.05) is 14.2 Å². The van der Waals surface area contributed by atoms with Gasteiger partial charge in [-0.3, -0.25) is 8.98 Å². The van der Waals surface area contributed by atoms with Gasteiger partial charge in [0.1, 0.15) is 5.75 Å². The molecule has 0 aliphatic carbocycles. The summed E-state index contributed by atoms with van der Waals surface area (Å²) in [6, 6.07) is 12.1. The summed E-state index contributed by atoms with van der Waals surface area (Å²) in [5, 5.41) is 0. The third-order valence-corrected chi connectivity index (χ3v) is 6.32. The van der Waals surface area contributed by atoms with E-state index in [1.807, 2.05) is 32.0 Å². The predicted molar refractivity (Wildman–Crippen MR) is 111 cm³/mol. The second kappa shape index (κ2) is 9.89. The average molecular weight is 421 g/mol. The van der Waals surface area contributed by atoms with Gasteiger partial charge in [0.25, 0.3) is 10.1 Å². The van der Waals surface area contributed by atoms with E-state index in [1.165, 1.54) is 19.2 Å². The van der Waals surface area contributed by atoms with E-state index in [0.29, 0.717) is 12.2 Å². The molecule has 0 aliphatic heterocycles. The van der Waals surface area contributed by atoms with E-state index in [0.717, 1.165) is 16.7 Å². The molecule has 0 N–H and O–H groups in total. The van der Waals surface area contributed by atoms with E-state index in [4.69, 9.17) is 13.7 Å². The Kier molecular flexibility index (Phi) is 7.81. The van der Waals surface area contributed by atoms with Crippen LogP contribution in [0.25, 0.3) is 0 Å². The first-order valence-electron chi connectivity index (χ1n) is 9.39. The number of carbonyl (C=O) groups excluding carboxylic acids is 1. The van der Waals surface area contributed by atoms with Gasteiger partial charge in [-0.05, 0) is 62.6 Å². The maximum Gasteiger partial charge on any atom is 0.305 e. The van der Waals surface area contributed by atoms with Crippen molar-refractivity contribution in [3.63, 3.8) is 0 Å². The van der Waals surface area contributed by atoms with Crippen LogP contribution in [0.4, 0.5) is 0 Å². The lowest BCUT2D eigenvalue weighted by Crippen LogP contribution is -2.24. The SMILES string of the molecule is COC(=O)CC[C@H](c1ccc(OC)cc1C)[C@@H](C)OS(=O)(=O)c1ccc(C)cc1. The zero-order chi connectivity index (χ0) is 21.6. The van der Waals surface area contributed by atoms with E-state index >= 15 is 0 Å². The molecule has 6 nitrogen and oxygen atoms in total. The van der Waals surface area contributed by atoms with Crippen molar-refractivity contribution >= 4 is 16.1 Å². The number of hydrogen-bond acceptors (Lipinski definition) is 6. The molecule has 2 aromatic rings. The zero-order valence-electron chi connectivity index (χ0n) is 17.5. The third kappa shape index (κ3) is 6.05. The van der Waals surface area contributed by atoms with Crippen molar-refractivity contribution in [1.82, 2.24) is 0 Å². The predicted octanol–water partition coefficient (Wildman–Crippen LogP) is 4.14. The van der Waals surface area contributed by atoms with Gasteiger partial charge in [0, 0.05) is 12.3 Å². The van der Waals surface area contributed by atoms with E-state index in [2.05, 4.69) is 0 Å². The minimum Gasteiger partial charge on any atom is -0.497 e. The van der Waals surface area contributed by atoms with E-state index < -0.39 is 16.2 Å². The highest BCUT2D eigenvalue weighted by atomic mass is 32.2. The van der Waals surface area contributed by atoms with E-state index in [1.54, 1.807) is 26.2 Å². The molecule has 0 saturated heterocycles. The number of ether oxygens (including phenoxy) is 2. The summed E-state index contributed by atoms with van der Waals surface area (Å²) >= 11 is 0. The molecule has 2 aromatic carbocycles. The number of rotatable bonds is 9. The molecule has 0 unspecified atom stereocenters. The summed E-state index contributed by atoms with van der Waals surface area (Å²) in [4.78, 5) is 11.8. The second-order valence-corrected chi connectivity index (χ2v) is 8.58. The first-order chi connectivity index (χ1) is 13.7. The van der Waals surface area contributed by atoms with Crippen LogP contribution in [-0.4, -0.2) is 34.7 Å². The van der Waals surface area contributed by atoms with Gasteiger partial charge in [0.05, 0.1) is 25.2 Å². The van der Waals surface area contributed by atoms with Crippen LogP contribution in [0.5, 0.6) is 5.75 Å². The molecule has 7 heteroatoms. The lowest BCUT2D eigenvalue weighted by molar-refractivity contribution is -0.140. The van der Waals surface area contributed by atoms with Gasteiger partial charge in [-0.1, -0.05) is 23.8 Å². The quantitative estimate of drug-likeness (QED) is 0.448. The number of esters is 1. The lowest BCUT2D eigenvalue weighted by atomic mass is 9.87. The number of benzene rings is 2. The Hall–Kier alpha value is -2.38. The second-order valence-electron chi connectivity index (χ2n) is 7.01. The van der Waals surface area contributed by atoms with Gasteiger partial charge in [-0.15, -0.1) is 0 Å². The summed E-state index contributed by atoms with van der Waals surface area (Å²) in [6.45, 7) is 5.51. The summed E-state index contributed by atoms with van der Waals surface area (Å²) in [7, 11) is -1.02. The van der Waals surface area contributed by atoms with E-state index in [9.17, 15) is 13.2 Å². The van der Waals surface area contributed by atoms with Gasteiger partial charge in [-0.2, -0.15) is 8.42 Å². The summed E-state index contributed by atoms with van der Waals surface area (Å²) < 4.78 is 41.0. The first kappa shape index (κ1) is 22.9. The topological polar surface area (TPSA) is 78.9 Å². The highest BCUT2D eigenvalue weighted by molar-refractivity contribution is 7.86. The fourth-order valence-electron chi connectivity index (χ4n) is 3.24. The largest absolute Gasteiger partial charge is 0.497 e. The fourth-order valence-corrected chi connectivity index (χ4v) is 4.35. The molecule has 0 spiro atoms. The molecule has 0 saturated carbocycles. The third-order valence-electron chi connectivity index (χ3n) is 4.92. The van der Waals surface area contributed by atoms with E-state index in [-0.39, 0.29) is 23.2 Å². The maximum atomic E-state index is 12.7. The Labute approximate surface area is 172 Å². The number of methoxy groups -OCH3 is 2. The standard InChI is InChI=1S/C22H28O6S/c1-15-6-9-19(10-7-15)29(24,25)28-17(3)21(12-13-22(23)27-5)20-11-8-18(26-4)14-16(20)2/h6-11,14,17,21H,12-13H2,1-5H3/t17-,21+/m1/s1. The van der Waals surface area contributed by atoms with Crippen molar-refractivity contribution in [2.24, 2.45) is 0 Å². The van der Waals surface area contributed by atoms with Crippen molar-refractivity contribution in [1.29, 1.82) is 0 Å². The molecule has 2 rings (SSSR count). The number of aryl methyl sites for hydroxylation is 2. The van der Waals surface area contributed by atoms with Gasteiger partial charge in [-0.25, -0.2) is 0 Å². The molecule has 29 heavy (non-hydrogen) atoms. The lowest BCUT2D eigenvalue weighted by Gasteiger charge is -2.26. The normalized spacial score (nSPS) is 13.6. The molecule has 0 bridgehead atoms. The van der Waals surface area contributed by atoms with Gasteiger partial charge in [0.2, 0.25) is 0 Å². The van der Waals surface area contributed by atoms with Crippen LogP contribution in [0.1, 0.15) is 42.4 Å². The minimum atomic E-state index is -3.94. The van der Waals surface area contributed by atoms with Crippen LogP contribution in [0.2, 0.25) is 0 Å². The van der Waals surface area contributed by atoms with Crippen LogP contribution in [0.15, 0.2) is 47.4 Å². The average Bonchev–Trinajstić information content (AvgIpc) is 2.68. The van der Waals surface area contributed by atoms with Crippen molar-refractivity contribution < 1.29 is 26.9 Å². The first-order valence-corrected chi connectivity index (χ1v) is 10.8. The molecule has 158 valence electrons. The number of carbonyl (C=O) groups is 1. The molecule has 0 radical (unpaired) electrons. The van der Waals surface area contributed by atoms with Crippen LogP contribution in [0.3, 0.4) is 0 Å². The molecule has 0 heterocycles. The molecular weight excluding hydrogens is 392 g/mol. The van der Waals surface area contributed by atoms with Gasteiger partial charge >= 0.3 is 5.97 Å². The van der Waals surface area contributed by atoms with Crippen LogP contribution in [-0.2, 0) is 23.8 Å². The summed E-state index contributed by atoms with van der Waals surface area (Å²) in [5.74, 6) is 0.0359. The molecular formula is C22H28O6S. The molecule has 2 atom stereocenters. The van der Waals surface area contributed by atoms with Crippen molar-refractivity contribution in [3.8, 4) is 5.75 Å². The maximum absolute atomic E-state index is 12.7. The van der Waals surface area contributed by atoms with Crippen molar-refractivity contribution in [2.45, 2.75) is 50.5 Å². The van der Waals surface area contributed by atoms with Crippen LogP contribution in [0, 0.1) is 13.8 Å². The Balaban J connectivity index is 2.31. The summed E-state index contributed by atoms with van der Waals surface area (Å²) in [6.07, 6.45) is -0.131. The number of hydrogen-bond donors (Lipinski definition) is 0. The monoisotopic (exact) mass is 420 g/mol. The Morgan fingerprint density at radius 2 is 1.69 bits per heavy atom. The zero-order valence-corrected chi connectivity index (χ0v) is 18.3. The Bertz CT molecular complexity index is 934. The van der Waals surface area contributed by atoms with Crippen LogP contribution >= 0.6 is 0 Å². The Morgan fingerprint density at radius 1 is 1.03 bits per heavy atom. The smallest absolute Gasteiger partial charge is 0.305 e. The Morgan fingerprint density at radius 3 is 2.24 bits per heavy atom. The molecule has 0 aliphatic rings. The fraction of sp³-hybridized carbons (Fsp3) is 0.409. The highest BCUT2D eigenvalue weighted by Crippen LogP contribution is 2.33.